The Balaban J connectivity index is -0.0000000450. The van der Waals surface area contributed by atoms with Crippen molar-refractivity contribution in [3.8, 4) is 0 Å². The minimum Gasteiger partial charge on any atom is -0.502 e. The molecule has 0 aromatic carbocycles. The number of thiocarbonyl (C=S) groups is 1. The Hall–Kier alpha value is -0.250. The maximum atomic E-state index is 7.79. The molecule has 0 atom stereocenters. The third-order valence-corrected chi connectivity index (χ3v) is 0. The summed E-state index contributed by atoms with van der Waals surface area (Å²) >= 11 is 4.09. The van der Waals surface area contributed by atoms with Gasteiger partial charge in [-0.3, -0.25) is 9.41 Å². The van der Waals surface area contributed by atoms with E-state index in [2.05, 4.69) is 12.2 Å². The van der Waals surface area contributed by atoms with Crippen LogP contribution >= 0.6 is 12.2 Å². The first-order valence-electron chi connectivity index (χ1n) is 0.928. The van der Waals surface area contributed by atoms with Gasteiger partial charge in [0.1, 0.15) is 0 Å². The minimum absolute atomic E-state index is 0. The molecule has 0 fully saturated rings. The second-order valence-electron chi connectivity index (χ2n) is 0.519. The summed E-state index contributed by atoms with van der Waals surface area (Å²) in [5.41, 5.74) is 0. The summed E-state index contributed by atoms with van der Waals surface area (Å²) in [6.45, 7) is 1.45. The van der Waals surface area contributed by atoms with Gasteiger partial charge in [0, 0.05) is 6.92 Å². The summed E-state index contributed by atoms with van der Waals surface area (Å²) in [4.78, 5) is 0. The molecule has 0 heterocycles. The zero-order chi connectivity index (χ0) is 3.58. The molecule has 0 rings (SSSR count). The van der Waals surface area contributed by atoms with Crippen molar-refractivity contribution in [1.82, 2.24) is 0 Å². The van der Waals surface area contributed by atoms with Crippen LogP contribution in [0, 0.1) is 0 Å². The van der Waals surface area contributed by atoms with E-state index in [1.54, 1.807) is 0 Å². The average molecular weight is 116 g/mol. The number of halogens is 2. The molecule has 0 saturated carbocycles. The highest BCUT2D eigenvalue weighted by Crippen LogP contribution is 1.54. The van der Waals surface area contributed by atoms with Crippen molar-refractivity contribution in [2.45, 2.75) is 6.92 Å². The van der Waals surface area contributed by atoms with E-state index in [0.29, 0.717) is 0 Å². The van der Waals surface area contributed by atoms with Crippen LogP contribution in [-0.4, -0.2) is 10.2 Å². The van der Waals surface area contributed by atoms with Crippen LogP contribution in [0.5, 0.6) is 0 Å². The van der Waals surface area contributed by atoms with Gasteiger partial charge in [0.2, 0.25) is 0 Å². The van der Waals surface area contributed by atoms with Crippen LogP contribution in [0.2, 0.25) is 0 Å². The zero-order valence-corrected chi connectivity index (χ0v) is 3.99. The lowest BCUT2D eigenvalue weighted by atomic mass is 10.9. The standard InChI is InChI=1S/C2H4OS.2FH/c1-2(3)4;;/h1H3,(H,3,4);2*1H. The molecular weight excluding hydrogens is 110 g/mol. The summed E-state index contributed by atoms with van der Waals surface area (Å²) < 4.78 is 0. The van der Waals surface area contributed by atoms with Crippen LogP contribution in [0.3, 0.4) is 0 Å². The van der Waals surface area contributed by atoms with Crippen molar-refractivity contribution in [3.63, 3.8) is 0 Å². The molecule has 0 aromatic rings. The van der Waals surface area contributed by atoms with Crippen LogP contribution in [0.1, 0.15) is 6.92 Å². The van der Waals surface area contributed by atoms with Crippen LogP contribution in [-0.2, 0) is 0 Å². The number of hydrogen-bond acceptors (Lipinski definition) is 1. The molecule has 0 spiro atoms. The number of aliphatic hydroxyl groups is 1. The molecule has 1 N–H and O–H groups in total. The fourth-order valence-corrected chi connectivity index (χ4v) is 0. The maximum absolute atomic E-state index is 7.79. The first-order valence-corrected chi connectivity index (χ1v) is 1.34. The van der Waals surface area contributed by atoms with Gasteiger partial charge in [0.15, 0.2) is 5.05 Å². The van der Waals surface area contributed by atoms with Crippen molar-refractivity contribution in [3.05, 3.63) is 0 Å². The van der Waals surface area contributed by atoms with E-state index in [0.717, 1.165) is 0 Å². The van der Waals surface area contributed by atoms with Gasteiger partial charge in [-0.05, 0) is 12.2 Å². The van der Waals surface area contributed by atoms with Crippen molar-refractivity contribution in [2.24, 2.45) is 0 Å². The molecule has 0 aliphatic rings. The molecule has 0 aromatic heterocycles. The molecule has 0 amide bonds. The van der Waals surface area contributed by atoms with Gasteiger partial charge in [0.05, 0.1) is 0 Å². The lowest BCUT2D eigenvalue weighted by molar-refractivity contribution is 0.565. The smallest absolute Gasteiger partial charge is 0.153 e. The van der Waals surface area contributed by atoms with Crippen LogP contribution in [0.4, 0.5) is 9.41 Å². The quantitative estimate of drug-likeness (QED) is 0.480. The largest absolute Gasteiger partial charge is 0.502 e. The molecule has 6 heavy (non-hydrogen) atoms. The Morgan fingerprint density at radius 2 is 1.50 bits per heavy atom. The topological polar surface area (TPSA) is 20.2 Å². The molecule has 0 aliphatic carbocycles. The fourth-order valence-electron chi connectivity index (χ4n) is 0. The fraction of sp³-hybridized carbons (Fsp3) is 0.500. The lowest BCUT2D eigenvalue weighted by Crippen LogP contribution is -1.72. The van der Waals surface area contributed by atoms with E-state index in [4.69, 9.17) is 5.11 Å². The van der Waals surface area contributed by atoms with Crippen molar-refractivity contribution < 1.29 is 14.5 Å². The van der Waals surface area contributed by atoms with Crippen LogP contribution < -0.4 is 0 Å². The second-order valence-corrected chi connectivity index (χ2v) is 1.11. The summed E-state index contributed by atoms with van der Waals surface area (Å²) in [7, 11) is 0. The molecule has 0 aliphatic heterocycles. The monoisotopic (exact) mass is 116 g/mol. The van der Waals surface area contributed by atoms with Gasteiger partial charge in [-0.25, -0.2) is 0 Å². The molecule has 4 heteroatoms. The zero-order valence-electron chi connectivity index (χ0n) is 3.17. The predicted octanol–water partition coefficient (Wildman–Crippen LogP) is 1.20. The highest BCUT2D eigenvalue weighted by atomic mass is 32.1. The van der Waals surface area contributed by atoms with Gasteiger partial charge in [-0.2, -0.15) is 0 Å². The normalized spacial score (nSPS) is 4.17. The van der Waals surface area contributed by atoms with Crippen LogP contribution in [0.25, 0.3) is 0 Å². The van der Waals surface area contributed by atoms with E-state index in [1.165, 1.54) is 6.92 Å². The Bertz CT molecular complexity index is 34.5. The molecule has 1 nitrogen and oxygen atoms in total. The molecule has 40 valence electrons. The van der Waals surface area contributed by atoms with E-state index < -0.39 is 0 Å². The number of rotatable bonds is 0. The molecule has 0 bridgehead atoms. The summed E-state index contributed by atoms with van der Waals surface area (Å²) in [5.74, 6) is 0. The Kier molecular flexibility index (Phi) is 25.3. The second kappa shape index (κ2) is 8.83. The van der Waals surface area contributed by atoms with E-state index in [9.17, 15) is 0 Å². The van der Waals surface area contributed by atoms with E-state index >= 15 is 0 Å². The predicted molar refractivity (Wildman–Crippen MR) is 25.9 cm³/mol. The Morgan fingerprint density at radius 1 is 1.50 bits per heavy atom. The van der Waals surface area contributed by atoms with E-state index in [1.807, 2.05) is 0 Å². The highest BCUT2D eigenvalue weighted by Gasteiger charge is 1.58. The van der Waals surface area contributed by atoms with E-state index in [-0.39, 0.29) is 14.5 Å². The minimum atomic E-state index is 0. The van der Waals surface area contributed by atoms with Gasteiger partial charge in [-0.15, -0.1) is 0 Å². The first-order chi connectivity index (χ1) is 1.73. The van der Waals surface area contributed by atoms with Crippen molar-refractivity contribution in [1.29, 1.82) is 0 Å². The van der Waals surface area contributed by atoms with Gasteiger partial charge < -0.3 is 5.11 Å². The van der Waals surface area contributed by atoms with Gasteiger partial charge >= 0.3 is 0 Å². The summed E-state index contributed by atoms with van der Waals surface area (Å²) in [6.07, 6.45) is 0. The molecule has 0 saturated heterocycles. The first kappa shape index (κ1) is 17.2. The van der Waals surface area contributed by atoms with Gasteiger partial charge in [0.25, 0.3) is 0 Å². The third kappa shape index (κ3) is 454. The SMILES string of the molecule is CC(O)=S.F.F. The third-order valence-electron chi connectivity index (χ3n) is 0. The maximum Gasteiger partial charge on any atom is 0.153 e. The molecule has 0 radical (unpaired) electrons. The Morgan fingerprint density at radius 3 is 1.50 bits per heavy atom. The molecule has 0 unspecified atom stereocenters. The molecular formula is C2H6F2OS. The number of aliphatic hydroxyl groups excluding tert-OH is 1. The summed E-state index contributed by atoms with van der Waals surface area (Å²) in [5, 5.41) is 7.79. The van der Waals surface area contributed by atoms with Crippen molar-refractivity contribution in [2.75, 3.05) is 0 Å². The number of hydrogen-bond donors (Lipinski definition) is 1. The lowest BCUT2D eigenvalue weighted by Gasteiger charge is -1.64. The average Bonchev–Trinajstić information content (AvgIpc) is 0.811. The van der Waals surface area contributed by atoms with Crippen LogP contribution in [0.15, 0.2) is 0 Å². The van der Waals surface area contributed by atoms with Crippen molar-refractivity contribution >= 4 is 17.3 Å². The van der Waals surface area contributed by atoms with Gasteiger partial charge in [-0.1, -0.05) is 0 Å². The summed E-state index contributed by atoms with van der Waals surface area (Å²) in [6, 6.07) is 0. The Labute approximate surface area is 39.7 Å². The highest BCUT2D eigenvalue weighted by molar-refractivity contribution is 7.79.